The molecule has 0 aromatic carbocycles. The van der Waals surface area contributed by atoms with Crippen LogP contribution in [-0.4, -0.2) is 53.3 Å². The van der Waals surface area contributed by atoms with Crippen LogP contribution >= 0.6 is 0 Å². The Hall–Kier alpha value is -1.82. The van der Waals surface area contributed by atoms with Crippen LogP contribution in [0.5, 0.6) is 0 Å². The molecule has 2 fully saturated rings. The van der Waals surface area contributed by atoms with Gasteiger partial charge in [-0.25, -0.2) is 9.78 Å². The quantitative estimate of drug-likeness (QED) is 0.860. The fraction of sp³-hybridized carbons (Fsp3) is 0.684. The Morgan fingerprint density at radius 1 is 1.20 bits per heavy atom. The van der Waals surface area contributed by atoms with Gasteiger partial charge in [0.1, 0.15) is 5.82 Å². The van der Waals surface area contributed by atoms with Crippen LogP contribution in [0.15, 0.2) is 18.3 Å². The summed E-state index contributed by atoms with van der Waals surface area (Å²) in [4.78, 5) is 21.4. The number of amides is 2. The zero-order valence-corrected chi connectivity index (χ0v) is 15.0. The zero-order valence-electron chi connectivity index (χ0n) is 15.0. The predicted molar refractivity (Wildman–Crippen MR) is 98.6 cm³/mol. The highest BCUT2D eigenvalue weighted by molar-refractivity contribution is 5.75. The van der Waals surface area contributed by atoms with Crippen molar-refractivity contribution in [1.82, 2.24) is 15.2 Å². The van der Waals surface area contributed by atoms with Crippen LogP contribution in [0, 0.1) is 0 Å². The number of carbonyl (C=O) groups excluding carboxylic acids is 1. The smallest absolute Gasteiger partial charge is 0.317 e. The van der Waals surface area contributed by atoms with Crippen LogP contribution < -0.4 is 10.2 Å². The number of aromatic nitrogens is 1. The van der Waals surface area contributed by atoms with Crippen LogP contribution in [-0.2, 0) is 6.54 Å². The number of piperidine rings is 2. The molecule has 6 nitrogen and oxygen atoms in total. The molecule has 2 aliphatic rings. The molecule has 6 heteroatoms. The number of nitrogens with one attached hydrogen (secondary N) is 1. The Balaban J connectivity index is 1.61. The van der Waals surface area contributed by atoms with Crippen LogP contribution in [0.25, 0.3) is 0 Å². The van der Waals surface area contributed by atoms with Gasteiger partial charge in [-0.1, -0.05) is 6.07 Å². The van der Waals surface area contributed by atoms with Crippen molar-refractivity contribution in [3.05, 3.63) is 23.9 Å². The second-order valence-electron chi connectivity index (χ2n) is 7.05. The van der Waals surface area contributed by atoms with Crippen molar-refractivity contribution < 1.29 is 9.90 Å². The average Bonchev–Trinajstić information content (AvgIpc) is 2.68. The molecule has 0 aliphatic carbocycles. The molecule has 0 unspecified atom stereocenters. The number of carbonyl (C=O) groups is 1. The molecule has 3 heterocycles. The van der Waals surface area contributed by atoms with Gasteiger partial charge in [0.15, 0.2) is 0 Å². The highest BCUT2D eigenvalue weighted by atomic mass is 16.3. The van der Waals surface area contributed by atoms with Crippen molar-refractivity contribution in [2.45, 2.75) is 57.5 Å². The number of pyridine rings is 1. The van der Waals surface area contributed by atoms with Gasteiger partial charge in [0.25, 0.3) is 0 Å². The lowest BCUT2D eigenvalue weighted by Crippen LogP contribution is -2.48. The van der Waals surface area contributed by atoms with Crippen molar-refractivity contribution in [2.75, 3.05) is 31.1 Å². The maximum Gasteiger partial charge on any atom is 0.317 e. The monoisotopic (exact) mass is 346 g/mol. The van der Waals surface area contributed by atoms with E-state index >= 15 is 0 Å². The number of rotatable bonds is 5. The fourth-order valence-corrected chi connectivity index (χ4v) is 3.95. The number of urea groups is 1. The van der Waals surface area contributed by atoms with E-state index in [1.165, 1.54) is 19.3 Å². The van der Waals surface area contributed by atoms with Gasteiger partial charge < -0.3 is 20.2 Å². The summed E-state index contributed by atoms with van der Waals surface area (Å²) >= 11 is 0. The molecule has 138 valence electrons. The van der Waals surface area contributed by atoms with E-state index in [1.54, 1.807) is 0 Å². The summed E-state index contributed by atoms with van der Waals surface area (Å²) < 4.78 is 0. The van der Waals surface area contributed by atoms with Crippen molar-refractivity contribution in [2.24, 2.45) is 0 Å². The molecule has 0 saturated carbocycles. The molecular formula is C19H30N4O2. The molecule has 2 N–H and O–H groups in total. The Morgan fingerprint density at radius 3 is 2.80 bits per heavy atom. The summed E-state index contributed by atoms with van der Waals surface area (Å²) in [6.45, 7) is 3.50. The molecule has 0 bridgehead atoms. The summed E-state index contributed by atoms with van der Waals surface area (Å²) in [6, 6.07) is 4.13. The molecule has 25 heavy (non-hydrogen) atoms. The Bertz CT molecular complexity index is 558. The second kappa shape index (κ2) is 9.04. The van der Waals surface area contributed by atoms with E-state index in [-0.39, 0.29) is 18.7 Å². The van der Waals surface area contributed by atoms with Crippen LogP contribution in [0.1, 0.15) is 50.5 Å². The largest absolute Gasteiger partial charge is 0.396 e. The van der Waals surface area contributed by atoms with E-state index in [9.17, 15) is 9.90 Å². The average molecular weight is 346 g/mol. The zero-order chi connectivity index (χ0) is 17.5. The van der Waals surface area contributed by atoms with E-state index in [1.807, 2.05) is 17.2 Å². The van der Waals surface area contributed by atoms with Gasteiger partial charge in [-0.2, -0.15) is 0 Å². The SMILES string of the molecule is O=C(NCc1cccnc1N1CCCCC1)N1CCCC[C@H]1CCO. The molecular weight excluding hydrogens is 316 g/mol. The van der Waals surface area contributed by atoms with Crippen molar-refractivity contribution in [3.8, 4) is 0 Å². The van der Waals surface area contributed by atoms with Gasteiger partial charge in [0.2, 0.25) is 0 Å². The van der Waals surface area contributed by atoms with Crippen molar-refractivity contribution in [3.63, 3.8) is 0 Å². The molecule has 1 atom stereocenters. The van der Waals surface area contributed by atoms with Gasteiger partial charge in [-0.05, 0) is 51.0 Å². The van der Waals surface area contributed by atoms with Crippen molar-refractivity contribution in [1.29, 1.82) is 0 Å². The summed E-state index contributed by atoms with van der Waals surface area (Å²) in [6.07, 6.45) is 9.36. The normalized spacial score (nSPS) is 21.2. The number of hydrogen-bond acceptors (Lipinski definition) is 4. The van der Waals surface area contributed by atoms with Gasteiger partial charge in [0.05, 0.1) is 0 Å². The maximum atomic E-state index is 12.6. The third-order valence-corrected chi connectivity index (χ3v) is 5.30. The minimum atomic E-state index is -0.0217. The Labute approximate surface area is 150 Å². The third-order valence-electron chi connectivity index (χ3n) is 5.30. The van der Waals surface area contributed by atoms with E-state index in [0.717, 1.165) is 50.3 Å². The Kier molecular flexibility index (Phi) is 6.50. The number of aliphatic hydroxyl groups excluding tert-OH is 1. The molecule has 2 saturated heterocycles. The van der Waals surface area contributed by atoms with Crippen molar-refractivity contribution >= 4 is 11.8 Å². The van der Waals surface area contributed by atoms with Gasteiger partial charge >= 0.3 is 6.03 Å². The van der Waals surface area contributed by atoms with E-state index in [4.69, 9.17) is 0 Å². The van der Waals surface area contributed by atoms with Crippen LogP contribution in [0.2, 0.25) is 0 Å². The first-order valence-corrected chi connectivity index (χ1v) is 9.64. The molecule has 0 radical (unpaired) electrons. The summed E-state index contributed by atoms with van der Waals surface area (Å²) in [5.41, 5.74) is 1.08. The topological polar surface area (TPSA) is 68.7 Å². The first-order valence-electron chi connectivity index (χ1n) is 9.64. The summed E-state index contributed by atoms with van der Waals surface area (Å²) in [5, 5.41) is 12.3. The first-order chi connectivity index (χ1) is 12.3. The number of nitrogens with zero attached hydrogens (tertiary/aromatic N) is 3. The molecule has 2 aliphatic heterocycles. The number of hydrogen-bond donors (Lipinski definition) is 2. The van der Waals surface area contributed by atoms with E-state index < -0.39 is 0 Å². The van der Waals surface area contributed by atoms with Gasteiger partial charge in [0, 0.05) is 50.6 Å². The lowest BCUT2D eigenvalue weighted by atomic mass is 10.0. The number of likely N-dealkylation sites (tertiary alicyclic amines) is 1. The number of aliphatic hydroxyl groups is 1. The van der Waals surface area contributed by atoms with Gasteiger partial charge in [-0.3, -0.25) is 0 Å². The molecule has 3 rings (SSSR count). The lowest BCUT2D eigenvalue weighted by Gasteiger charge is -2.35. The molecule has 1 aromatic heterocycles. The Morgan fingerprint density at radius 2 is 2.00 bits per heavy atom. The lowest BCUT2D eigenvalue weighted by molar-refractivity contribution is 0.131. The predicted octanol–water partition coefficient (Wildman–Crippen LogP) is 2.52. The van der Waals surface area contributed by atoms with Crippen LogP contribution in [0.4, 0.5) is 10.6 Å². The second-order valence-corrected chi connectivity index (χ2v) is 7.05. The summed E-state index contributed by atoms with van der Waals surface area (Å²) in [7, 11) is 0. The molecule has 1 aromatic rings. The minimum absolute atomic E-state index is 0.0217. The van der Waals surface area contributed by atoms with E-state index in [2.05, 4.69) is 21.3 Å². The highest BCUT2D eigenvalue weighted by Gasteiger charge is 2.26. The first kappa shape index (κ1) is 18.0. The maximum absolute atomic E-state index is 12.6. The highest BCUT2D eigenvalue weighted by Crippen LogP contribution is 2.22. The minimum Gasteiger partial charge on any atom is -0.396 e. The van der Waals surface area contributed by atoms with Gasteiger partial charge in [-0.15, -0.1) is 0 Å². The van der Waals surface area contributed by atoms with Crippen LogP contribution in [0.3, 0.4) is 0 Å². The van der Waals surface area contributed by atoms with E-state index in [0.29, 0.717) is 13.0 Å². The fourth-order valence-electron chi connectivity index (χ4n) is 3.95. The standard InChI is InChI=1S/C19H30N4O2/c24-14-9-17-8-2-5-13-23(17)19(25)21-15-16-7-6-10-20-18(16)22-11-3-1-4-12-22/h6-7,10,17,24H,1-5,8-9,11-15H2,(H,21,25)/t17-/m0/s1. The summed E-state index contributed by atoms with van der Waals surface area (Å²) in [5.74, 6) is 1.01. The molecule has 0 spiro atoms. The molecule has 2 amide bonds. The third kappa shape index (κ3) is 4.63. The number of anilines is 1.